The number of rotatable bonds is 0. The average molecular weight is 212 g/mol. The van der Waals surface area contributed by atoms with Crippen LogP contribution >= 0.6 is 0 Å². The lowest BCUT2D eigenvalue weighted by Crippen LogP contribution is -2.04. The van der Waals surface area contributed by atoms with E-state index in [2.05, 4.69) is 19.1 Å². The predicted molar refractivity (Wildman–Crippen MR) is 63.0 cm³/mol. The molecule has 0 saturated heterocycles. The molecular formula is C15H16O. The van der Waals surface area contributed by atoms with Gasteiger partial charge in [0.05, 0.1) is 0 Å². The molecule has 0 aromatic heterocycles. The summed E-state index contributed by atoms with van der Waals surface area (Å²) in [5.41, 5.74) is 5.46. The van der Waals surface area contributed by atoms with Crippen molar-refractivity contribution in [3.63, 3.8) is 0 Å². The molecule has 1 nitrogen and oxygen atoms in total. The fraction of sp³-hybridized carbons (Fsp3) is 0.533. The number of benzene rings is 1. The molecule has 0 amide bonds. The third-order valence-electron chi connectivity index (χ3n) is 4.86. The Labute approximate surface area is 95.9 Å². The van der Waals surface area contributed by atoms with Crippen LogP contribution in [0.5, 0.6) is 0 Å². The Kier molecular flexibility index (Phi) is 1.55. The molecule has 3 atom stereocenters. The second-order valence-corrected chi connectivity index (χ2v) is 5.81. The zero-order valence-electron chi connectivity index (χ0n) is 9.62. The van der Waals surface area contributed by atoms with Crippen LogP contribution in [0.4, 0.5) is 0 Å². The maximum Gasteiger partial charge on any atom is 0.166 e. The summed E-state index contributed by atoms with van der Waals surface area (Å²) in [6.45, 7) is 2.06. The molecule has 2 bridgehead atoms. The molecule has 16 heavy (non-hydrogen) atoms. The highest BCUT2D eigenvalue weighted by atomic mass is 16.1. The molecule has 3 aliphatic rings. The van der Waals surface area contributed by atoms with E-state index in [1.165, 1.54) is 30.4 Å². The van der Waals surface area contributed by atoms with Crippen LogP contribution in [0.3, 0.4) is 0 Å². The lowest BCUT2D eigenvalue weighted by molar-refractivity contribution is 0.0946. The zero-order valence-corrected chi connectivity index (χ0v) is 9.62. The Balaban J connectivity index is 1.92. The molecule has 82 valence electrons. The highest BCUT2D eigenvalue weighted by molar-refractivity contribution is 6.02. The van der Waals surface area contributed by atoms with Crippen molar-refractivity contribution < 1.29 is 4.79 Å². The summed E-state index contributed by atoms with van der Waals surface area (Å²) in [6, 6.07) is 4.59. The second kappa shape index (κ2) is 2.77. The van der Waals surface area contributed by atoms with E-state index in [1.54, 1.807) is 5.56 Å². The number of ketones is 1. The predicted octanol–water partition coefficient (Wildman–Crippen LogP) is 3.43. The molecule has 3 aliphatic carbocycles. The fourth-order valence-corrected chi connectivity index (χ4v) is 4.02. The number of fused-ring (bicyclic) bond motifs is 6. The van der Waals surface area contributed by atoms with Gasteiger partial charge in [-0.2, -0.15) is 0 Å². The highest BCUT2D eigenvalue weighted by Crippen LogP contribution is 2.54. The summed E-state index contributed by atoms with van der Waals surface area (Å²) in [4.78, 5) is 12.0. The molecule has 1 aromatic rings. The minimum atomic E-state index is 0.218. The molecule has 0 N–H and O–H groups in total. The van der Waals surface area contributed by atoms with Crippen molar-refractivity contribution in [3.8, 4) is 0 Å². The lowest BCUT2D eigenvalue weighted by atomic mass is 9.89. The number of hydrogen-bond acceptors (Lipinski definition) is 1. The van der Waals surface area contributed by atoms with Crippen molar-refractivity contribution in [1.82, 2.24) is 0 Å². The van der Waals surface area contributed by atoms with Crippen molar-refractivity contribution in [2.75, 3.05) is 0 Å². The molecule has 1 aromatic carbocycles. The first kappa shape index (κ1) is 8.98. The van der Waals surface area contributed by atoms with Crippen molar-refractivity contribution in [2.24, 2.45) is 5.92 Å². The van der Waals surface area contributed by atoms with E-state index in [1.807, 2.05) is 0 Å². The maximum atomic E-state index is 12.0. The second-order valence-electron chi connectivity index (χ2n) is 5.81. The van der Waals surface area contributed by atoms with E-state index in [0.29, 0.717) is 5.78 Å². The van der Waals surface area contributed by atoms with Crippen LogP contribution in [0.1, 0.15) is 65.1 Å². The zero-order chi connectivity index (χ0) is 10.9. The number of carbonyl (C=O) groups excluding carboxylic acids is 1. The number of carbonyl (C=O) groups is 1. The third-order valence-corrected chi connectivity index (χ3v) is 4.86. The smallest absolute Gasteiger partial charge is 0.166 e. The minimum absolute atomic E-state index is 0.218. The monoisotopic (exact) mass is 212 g/mol. The van der Waals surface area contributed by atoms with Gasteiger partial charge < -0.3 is 0 Å². The van der Waals surface area contributed by atoms with Crippen molar-refractivity contribution >= 4 is 5.78 Å². The van der Waals surface area contributed by atoms with Gasteiger partial charge in [0.15, 0.2) is 5.78 Å². The summed E-state index contributed by atoms with van der Waals surface area (Å²) < 4.78 is 0. The van der Waals surface area contributed by atoms with Gasteiger partial charge in [0.25, 0.3) is 0 Å². The third kappa shape index (κ3) is 0.946. The van der Waals surface area contributed by atoms with Crippen molar-refractivity contribution in [2.45, 2.75) is 44.4 Å². The first-order valence-electron chi connectivity index (χ1n) is 6.45. The Morgan fingerprint density at radius 3 is 2.56 bits per heavy atom. The molecule has 0 spiro atoms. The largest absolute Gasteiger partial charge is 0.294 e. The van der Waals surface area contributed by atoms with E-state index in [-0.39, 0.29) is 5.92 Å². The van der Waals surface area contributed by atoms with Crippen LogP contribution in [-0.2, 0) is 6.42 Å². The van der Waals surface area contributed by atoms with Crippen LogP contribution < -0.4 is 0 Å². The molecule has 0 radical (unpaired) electrons. The van der Waals surface area contributed by atoms with Gasteiger partial charge >= 0.3 is 0 Å². The summed E-state index contributed by atoms with van der Waals surface area (Å²) in [7, 11) is 0. The van der Waals surface area contributed by atoms with E-state index in [9.17, 15) is 4.79 Å². The normalized spacial score (nSPS) is 34.3. The van der Waals surface area contributed by atoms with E-state index in [4.69, 9.17) is 0 Å². The van der Waals surface area contributed by atoms with E-state index >= 15 is 0 Å². The van der Waals surface area contributed by atoms with Crippen LogP contribution in [0.25, 0.3) is 0 Å². The SMILES string of the molecule is CC1Cc2cc3c(cc2C1=O)C1CCC3C1. The number of Topliss-reactive ketones (excluding diaryl/α,β-unsaturated/α-hetero) is 1. The van der Waals surface area contributed by atoms with Crippen LogP contribution in [0.15, 0.2) is 12.1 Å². The fourth-order valence-electron chi connectivity index (χ4n) is 4.02. The van der Waals surface area contributed by atoms with Gasteiger partial charge in [0, 0.05) is 11.5 Å². The molecular weight excluding hydrogens is 196 g/mol. The average Bonchev–Trinajstić information content (AvgIpc) is 2.93. The Hall–Kier alpha value is -1.11. The molecule has 4 rings (SSSR count). The quantitative estimate of drug-likeness (QED) is 0.644. The van der Waals surface area contributed by atoms with Gasteiger partial charge in [-0.15, -0.1) is 0 Å². The van der Waals surface area contributed by atoms with Crippen molar-refractivity contribution in [3.05, 3.63) is 34.4 Å². The van der Waals surface area contributed by atoms with Crippen LogP contribution in [0.2, 0.25) is 0 Å². The number of hydrogen-bond donors (Lipinski definition) is 0. The van der Waals surface area contributed by atoms with E-state index < -0.39 is 0 Å². The first-order chi connectivity index (χ1) is 7.74. The molecule has 1 saturated carbocycles. The molecule has 0 aliphatic heterocycles. The highest BCUT2D eigenvalue weighted by Gasteiger charge is 2.39. The van der Waals surface area contributed by atoms with E-state index in [0.717, 1.165) is 23.8 Å². The van der Waals surface area contributed by atoms with Gasteiger partial charge in [-0.3, -0.25) is 4.79 Å². The summed E-state index contributed by atoms with van der Waals surface area (Å²) in [6.07, 6.45) is 5.04. The van der Waals surface area contributed by atoms with Gasteiger partial charge in [0.2, 0.25) is 0 Å². The maximum absolute atomic E-state index is 12.0. The van der Waals surface area contributed by atoms with Gasteiger partial charge in [-0.25, -0.2) is 0 Å². The summed E-state index contributed by atoms with van der Waals surface area (Å²) in [5, 5.41) is 0. The molecule has 1 fully saturated rings. The Morgan fingerprint density at radius 1 is 1.12 bits per heavy atom. The van der Waals surface area contributed by atoms with Gasteiger partial charge in [-0.1, -0.05) is 13.0 Å². The van der Waals surface area contributed by atoms with Gasteiger partial charge in [0.1, 0.15) is 0 Å². The standard InChI is InChI=1S/C15H16O/c1-8-4-11-6-12-9-2-3-10(5-9)13(12)7-14(11)15(8)16/h6-10H,2-5H2,1H3. The Bertz CT molecular complexity index is 500. The minimum Gasteiger partial charge on any atom is -0.294 e. The van der Waals surface area contributed by atoms with Crippen LogP contribution in [-0.4, -0.2) is 5.78 Å². The Morgan fingerprint density at radius 2 is 1.81 bits per heavy atom. The first-order valence-corrected chi connectivity index (χ1v) is 6.45. The topological polar surface area (TPSA) is 17.1 Å². The summed E-state index contributed by atoms with van der Waals surface area (Å²) in [5.74, 6) is 2.18. The molecule has 3 unspecified atom stereocenters. The lowest BCUT2D eigenvalue weighted by Gasteiger charge is -2.16. The molecule has 0 heterocycles. The molecule has 1 heteroatoms. The van der Waals surface area contributed by atoms with Gasteiger partial charge in [-0.05, 0) is 60.3 Å². The van der Waals surface area contributed by atoms with Crippen molar-refractivity contribution in [1.29, 1.82) is 0 Å². The summed E-state index contributed by atoms with van der Waals surface area (Å²) >= 11 is 0. The van der Waals surface area contributed by atoms with Crippen LogP contribution in [0, 0.1) is 5.92 Å².